The van der Waals surface area contributed by atoms with Crippen molar-refractivity contribution >= 4 is 6.03 Å². The van der Waals surface area contributed by atoms with Crippen LogP contribution in [-0.2, 0) is 0 Å². The quantitative estimate of drug-likeness (QED) is 0.724. The zero-order chi connectivity index (χ0) is 10.6. The van der Waals surface area contributed by atoms with Crippen LogP contribution in [0.15, 0.2) is 0 Å². The van der Waals surface area contributed by atoms with Gasteiger partial charge in [0, 0.05) is 20.6 Å². The monoisotopic (exact) mass is 198 g/mol. The van der Waals surface area contributed by atoms with Gasteiger partial charge in [-0.15, -0.1) is 0 Å². The number of carbonyl (C=O) groups is 1. The van der Waals surface area contributed by atoms with E-state index < -0.39 is 0 Å². The van der Waals surface area contributed by atoms with Gasteiger partial charge in [-0.05, 0) is 24.7 Å². The van der Waals surface area contributed by atoms with Gasteiger partial charge >= 0.3 is 6.03 Å². The number of rotatable bonds is 2. The summed E-state index contributed by atoms with van der Waals surface area (Å²) in [4.78, 5) is 12.9. The highest BCUT2D eigenvalue weighted by molar-refractivity contribution is 5.73. The molecule has 3 nitrogen and oxygen atoms in total. The van der Waals surface area contributed by atoms with E-state index in [1.54, 1.807) is 19.0 Å². The Morgan fingerprint density at radius 3 is 2.36 bits per heavy atom. The molecule has 1 fully saturated rings. The van der Waals surface area contributed by atoms with Crippen molar-refractivity contribution in [3.63, 3.8) is 0 Å². The molecule has 0 atom stereocenters. The summed E-state index contributed by atoms with van der Waals surface area (Å²) in [6, 6.07) is 0.0311. The first-order chi connectivity index (χ1) is 6.59. The summed E-state index contributed by atoms with van der Waals surface area (Å²) in [6.45, 7) is 3.17. The van der Waals surface area contributed by atoms with Crippen molar-refractivity contribution in [3.05, 3.63) is 0 Å². The molecular formula is C11H22N2O. The summed E-state index contributed by atoms with van der Waals surface area (Å²) in [5.74, 6) is 1.59. The first-order valence-electron chi connectivity index (χ1n) is 5.54. The zero-order valence-corrected chi connectivity index (χ0v) is 9.55. The molecule has 1 rings (SSSR count). The van der Waals surface area contributed by atoms with Crippen molar-refractivity contribution in [2.24, 2.45) is 11.8 Å². The highest BCUT2D eigenvalue weighted by atomic mass is 16.2. The molecule has 0 saturated heterocycles. The summed E-state index contributed by atoms with van der Waals surface area (Å²) in [5, 5.41) is 2.95. The molecule has 14 heavy (non-hydrogen) atoms. The Kier molecular flexibility index (Phi) is 4.23. The van der Waals surface area contributed by atoms with Gasteiger partial charge in [0.2, 0.25) is 0 Å². The fourth-order valence-corrected chi connectivity index (χ4v) is 1.92. The molecule has 0 aromatic rings. The van der Waals surface area contributed by atoms with Crippen molar-refractivity contribution in [3.8, 4) is 0 Å². The van der Waals surface area contributed by atoms with Crippen LogP contribution in [0.3, 0.4) is 0 Å². The lowest BCUT2D eigenvalue weighted by Crippen LogP contribution is -2.38. The minimum Gasteiger partial charge on any atom is -0.338 e. The van der Waals surface area contributed by atoms with E-state index in [2.05, 4.69) is 12.2 Å². The smallest absolute Gasteiger partial charge is 0.316 e. The molecule has 3 heteroatoms. The Labute approximate surface area is 86.9 Å². The molecular weight excluding hydrogens is 176 g/mol. The van der Waals surface area contributed by atoms with Crippen LogP contribution >= 0.6 is 0 Å². The van der Waals surface area contributed by atoms with E-state index in [4.69, 9.17) is 0 Å². The van der Waals surface area contributed by atoms with Crippen molar-refractivity contribution in [1.82, 2.24) is 10.2 Å². The van der Waals surface area contributed by atoms with Gasteiger partial charge in [-0.2, -0.15) is 0 Å². The Morgan fingerprint density at radius 1 is 1.29 bits per heavy atom. The van der Waals surface area contributed by atoms with E-state index in [0.29, 0.717) is 5.92 Å². The lowest BCUT2D eigenvalue weighted by Gasteiger charge is -2.26. The number of nitrogens with zero attached hydrogens (tertiary/aromatic N) is 1. The third-order valence-corrected chi connectivity index (χ3v) is 3.08. The molecule has 0 spiro atoms. The van der Waals surface area contributed by atoms with E-state index >= 15 is 0 Å². The van der Waals surface area contributed by atoms with Crippen molar-refractivity contribution < 1.29 is 4.79 Å². The zero-order valence-electron chi connectivity index (χ0n) is 9.55. The van der Waals surface area contributed by atoms with Gasteiger partial charge in [0.1, 0.15) is 0 Å². The normalized spacial score (nSPS) is 27.1. The van der Waals surface area contributed by atoms with Gasteiger partial charge in [-0.1, -0.05) is 19.8 Å². The van der Waals surface area contributed by atoms with Crippen LogP contribution in [0, 0.1) is 11.8 Å². The van der Waals surface area contributed by atoms with Gasteiger partial charge in [0.05, 0.1) is 0 Å². The fraction of sp³-hybridized carbons (Fsp3) is 0.909. The standard InChI is InChI=1S/C11H22N2O/c1-9-4-6-10(7-5-9)8-12-11(14)13(2)3/h9-10H,4-8H2,1-3H3,(H,12,14). The summed E-state index contributed by atoms with van der Waals surface area (Å²) in [6.07, 6.45) is 5.19. The molecule has 1 aliphatic rings. The van der Waals surface area contributed by atoms with Crippen LogP contribution in [0.4, 0.5) is 4.79 Å². The van der Waals surface area contributed by atoms with E-state index in [0.717, 1.165) is 12.5 Å². The van der Waals surface area contributed by atoms with Crippen molar-refractivity contribution in [1.29, 1.82) is 0 Å². The number of urea groups is 1. The Morgan fingerprint density at radius 2 is 1.86 bits per heavy atom. The van der Waals surface area contributed by atoms with Crippen LogP contribution in [-0.4, -0.2) is 31.6 Å². The first-order valence-corrected chi connectivity index (χ1v) is 5.54. The second kappa shape index (κ2) is 5.23. The highest BCUT2D eigenvalue weighted by Gasteiger charge is 2.18. The summed E-state index contributed by atoms with van der Waals surface area (Å²) in [7, 11) is 3.55. The van der Waals surface area contributed by atoms with E-state index in [1.807, 2.05) is 0 Å². The summed E-state index contributed by atoms with van der Waals surface area (Å²) < 4.78 is 0. The van der Waals surface area contributed by atoms with Gasteiger partial charge in [-0.3, -0.25) is 0 Å². The van der Waals surface area contributed by atoms with Crippen LogP contribution in [0.2, 0.25) is 0 Å². The molecule has 0 heterocycles. The number of hydrogen-bond acceptors (Lipinski definition) is 1. The van der Waals surface area contributed by atoms with Crippen LogP contribution < -0.4 is 5.32 Å². The Balaban J connectivity index is 2.16. The number of hydrogen-bond donors (Lipinski definition) is 1. The maximum atomic E-state index is 11.3. The third kappa shape index (κ3) is 3.56. The van der Waals surface area contributed by atoms with E-state index in [1.165, 1.54) is 25.7 Å². The predicted molar refractivity (Wildman–Crippen MR) is 58.2 cm³/mol. The SMILES string of the molecule is CC1CCC(CNC(=O)N(C)C)CC1. The number of amides is 2. The predicted octanol–water partition coefficient (Wildman–Crippen LogP) is 2.08. The minimum absolute atomic E-state index is 0.0311. The molecule has 0 aliphatic heterocycles. The molecule has 82 valence electrons. The van der Waals surface area contributed by atoms with E-state index in [9.17, 15) is 4.79 Å². The second-order valence-electron chi connectivity index (χ2n) is 4.71. The molecule has 0 aromatic carbocycles. The average molecular weight is 198 g/mol. The van der Waals surface area contributed by atoms with Crippen molar-refractivity contribution in [2.75, 3.05) is 20.6 Å². The van der Waals surface area contributed by atoms with Gasteiger partial charge < -0.3 is 10.2 Å². The van der Waals surface area contributed by atoms with Crippen LogP contribution in [0.5, 0.6) is 0 Å². The van der Waals surface area contributed by atoms with Gasteiger partial charge in [0.25, 0.3) is 0 Å². The second-order valence-corrected chi connectivity index (χ2v) is 4.71. The van der Waals surface area contributed by atoms with Gasteiger partial charge in [-0.25, -0.2) is 4.79 Å². The molecule has 0 aromatic heterocycles. The topological polar surface area (TPSA) is 32.3 Å². The maximum Gasteiger partial charge on any atom is 0.316 e. The molecule has 2 amide bonds. The van der Waals surface area contributed by atoms with E-state index in [-0.39, 0.29) is 6.03 Å². The fourth-order valence-electron chi connectivity index (χ4n) is 1.92. The van der Waals surface area contributed by atoms with Crippen LogP contribution in [0.1, 0.15) is 32.6 Å². The molecule has 1 aliphatic carbocycles. The van der Waals surface area contributed by atoms with Gasteiger partial charge in [0.15, 0.2) is 0 Å². The molecule has 0 bridgehead atoms. The minimum atomic E-state index is 0.0311. The maximum absolute atomic E-state index is 11.3. The lowest BCUT2D eigenvalue weighted by atomic mass is 9.83. The molecule has 0 unspecified atom stereocenters. The van der Waals surface area contributed by atoms with Crippen LogP contribution in [0.25, 0.3) is 0 Å². The molecule has 0 radical (unpaired) electrons. The summed E-state index contributed by atoms with van der Waals surface area (Å²) in [5.41, 5.74) is 0. The first kappa shape index (κ1) is 11.3. The Hall–Kier alpha value is -0.730. The summed E-state index contributed by atoms with van der Waals surface area (Å²) >= 11 is 0. The molecule has 1 saturated carbocycles. The highest BCUT2D eigenvalue weighted by Crippen LogP contribution is 2.27. The number of carbonyl (C=O) groups excluding carboxylic acids is 1. The Bertz CT molecular complexity index is 184. The largest absolute Gasteiger partial charge is 0.338 e. The van der Waals surface area contributed by atoms with Crippen molar-refractivity contribution in [2.45, 2.75) is 32.6 Å². The molecule has 1 N–H and O–H groups in total. The average Bonchev–Trinajstić information content (AvgIpc) is 2.16. The third-order valence-electron chi connectivity index (χ3n) is 3.08. The number of nitrogens with one attached hydrogen (secondary N) is 1. The lowest BCUT2D eigenvalue weighted by molar-refractivity contribution is 0.210.